The summed E-state index contributed by atoms with van der Waals surface area (Å²) < 4.78 is 0. The van der Waals surface area contributed by atoms with E-state index in [2.05, 4.69) is 5.32 Å². The van der Waals surface area contributed by atoms with Gasteiger partial charge in [0.1, 0.15) is 5.41 Å². The van der Waals surface area contributed by atoms with Crippen molar-refractivity contribution in [3.05, 3.63) is 0 Å². The average molecular weight is 185 g/mol. The summed E-state index contributed by atoms with van der Waals surface area (Å²) in [4.78, 5) is 32.9. The number of carboxylic acid groups (broad SMARTS) is 1. The summed E-state index contributed by atoms with van der Waals surface area (Å²) in [6, 6.07) is -0.861. The molecular formula is C8H11NO4. The monoisotopic (exact) mass is 185 g/mol. The van der Waals surface area contributed by atoms with Gasteiger partial charge in [-0.05, 0) is 13.8 Å². The zero-order valence-corrected chi connectivity index (χ0v) is 7.46. The zero-order valence-electron chi connectivity index (χ0n) is 7.46. The molecule has 0 aromatic carbocycles. The number of carboxylic acids is 1. The van der Waals surface area contributed by atoms with E-state index in [0.29, 0.717) is 0 Å². The van der Waals surface area contributed by atoms with Crippen LogP contribution in [0.3, 0.4) is 0 Å². The Hall–Kier alpha value is -1.39. The van der Waals surface area contributed by atoms with Gasteiger partial charge in [-0.2, -0.15) is 0 Å². The van der Waals surface area contributed by atoms with E-state index in [4.69, 9.17) is 5.11 Å². The SMILES string of the molecule is CC1(C)C(=O)NC(CC(=O)O)C1=O. The number of hydrogen-bond donors (Lipinski definition) is 2. The van der Waals surface area contributed by atoms with Gasteiger partial charge in [0, 0.05) is 0 Å². The summed E-state index contributed by atoms with van der Waals surface area (Å²) in [5.41, 5.74) is -1.08. The number of carbonyl (C=O) groups is 3. The summed E-state index contributed by atoms with van der Waals surface area (Å²) in [6.45, 7) is 2.99. The van der Waals surface area contributed by atoms with E-state index in [9.17, 15) is 14.4 Å². The van der Waals surface area contributed by atoms with Crippen molar-refractivity contribution in [1.29, 1.82) is 0 Å². The molecule has 0 bridgehead atoms. The topological polar surface area (TPSA) is 83.5 Å². The average Bonchev–Trinajstić information content (AvgIpc) is 2.15. The highest BCUT2D eigenvalue weighted by Gasteiger charge is 2.48. The van der Waals surface area contributed by atoms with Crippen LogP contribution in [-0.4, -0.2) is 28.8 Å². The van der Waals surface area contributed by atoms with Gasteiger partial charge in [-0.1, -0.05) is 0 Å². The van der Waals surface area contributed by atoms with E-state index >= 15 is 0 Å². The van der Waals surface area contributed by atoms with Crippen LogP contribution < -0.4 is 5.32 Å². The molecule has 1 heterocycles. The maximum absolute atomic E-state index is 11.4. The molecule has 1 unspecified atom stereocenters. The second-order valence-electron chi connectivity index (χ2n) is 3.61. The van der Waals surface area contributed by atoms with Crippen LogP contribution in [0.15, 0.2) is 0 Å². The standard InChI is InChI=1S/C8H11NO4/c1-8(2)6(12)4(3-5(10)11)9-7(8)13/h4H,3H2,1-2H3,(H,9,13)(H,10,11). The van der Waals surface area contributed by atoms with Gasteiger partial charge in [-0.25, -0.2) is 0 Å². The van der Waals surface area contributed by atoms with Crippen LogP contribution in [0.1, 0.15) is 20.3 Å². The van der Waals surface area contributed by atoms with Crippen LogP contribution in [0.2, 0.25) is 0 Å². The van der Waals surface area contributed by atoms with Crippen molar-refractivity contribution in [2.45, 2.75) is 26.3 Å². The van der Waals surface area contributed by atoms with Crippen molar-refractivity contribution in [1.82, 2.24) is 5.32 Å². The molecule has 0 spiro atoms. The molecule has 1 saturated heterocycles. The fourth-order valence-corrected chi connectivity index (χ4v) is 1.27. The summed E-state index contributed by atoms with van der Waals surface area (Å²) in [5.74, 6) is -1.83. The van der Waals surface area contributed by atoms with E-state index in [-0.39, 0.29) is 12.2 Å². The third kappa shape index (κ3) is 1.54. The van der Waals surface area contributed by atoms with Crippen LogP contribution in [0.4, 0.5) is 0 Å². The summed E-state index contributed by atoms with van der Waals surface area (Å²) in [5, 5.41) is 10.8. The molecule has 2 N–H and O–H groups in total. The molecule has 0 aliphatic carbocycles. The van der Waals surface area contributed by atoms with Crippen molar-refractivity contribution in [2.75, 3.05) is 0 Å². The van der Waals surface area contributed by atoms with Gasteiger partial charge in [0.15, 0.2) is 5.78 Å². The third-order valence-electron chi connectivity index (χ3n) is 2.18. The molecule has 0 saturated carbocycles. The summed E-state index contributed by atoms with van der Waals surface area (Å²) in [6.07, 6.45) is -0.339. The molecule has 5 nitrogen and oxygen atoms in total. The quantitative estimate of drug-likeness (QED) is 0.571. The summed E-state index contributed by atoms with van der Waals surface area (Å²) >= 11 is 0. The maximum Gasteiger partial charge on any atom is 0.305 e. The smallest absolute Gasteiger partial charge is 0.305 e. The lowest BCUT2D eigenvalue weighted by Crippen LogP contribution is -2.31. The van der Waals surface area contributed by atoms with Crippen molar-refractivity contribution in [3.63, 3.8) is 0 Å². The van der Waals surface area contributed by atoms with Crippen LogP contribution in [0.5, 0.6) is 0 Å². The number of carbonyl (C=O) groups excluding carboxylic acids is 2. The van der Waals surface area contributed by atoms with Crippen molar-refractivity contribution >= 4 is 17.7 Å². The van der Waals surface area contributed by atoms with Gasteiger partial charge in [0.25, 0.3) is 0 Å². The number of rotatable bonds is 2. The number of Topliss-reactive ketones (excluding diaryl/α,β-unsaturated/α-hetero) is 1. The van der Waals surface area contributed by atoms with E-state index in [1.165, 1.54) is 13.8 Å². The van der Waals surface area contributed by atoms with E-state index in [0.717, 1.165) is 0 Å². The Labute approximate surface area is 75.1 Å². The van der Waals surface area contributed by atoms with Crippen LogP contribution >= 0.6 is 0 Å². The van der Waals surface area contributed by atoms with Crippen molar-refractivity contribution < 1.29 is 19.5 Å². The third-order valence-corrected chi connectivity index (χ3v) is 2.18. The number of ketones is 1. The lowest BCUT2D eigenvalue weighted by molar-refractivity contribution is -0.140. The molecule has 1 amide bonds. The van der Waals surface area contributed by atoms with Crippen LogP contribution in [0, 0.1) is 5.41 Å². The van der Waals surface area contributed by atoms with Gasteiger partial charge < -0.3 is 10.4 Å². The molecule has 5 heteroatoms. The fraction of sp³-hybridized carbons (Fsp3) is 0.625. The van der Waals surface area contributed by atoms with Gasteiger partial charge in [-0.3, -0.25) is 14.4 Å². The highest BCUT2D eigenvalue weighted by atomic mass is 16.4. The van der Waals surface area contributed by atoms with E-state index < -0.39 is 23.3 Å². The zero-order chi connectivity index (χ0) is 10.2. The molecule has 13 heavy (non-hydrogen) atoms. The minimum atomic E-state index is -1.09. The second-order valence-corrected chi connectivity index (χ2v) is 3.61. The highest BCUT2D eigenvalue weighted by Crippen LogP contribution is 2.26. The predicted molar refractivity (Wildman–Crippen MR) is 43.0 cm³/mol. The Kier molecular flexibility index (Phi) is 2.11. The highest BCUT2D eigenvalue weighted by molar-refractivity contribution is 6.14. The molecule has 1 aliphatic rings. The molecule has 1 fully saturated rings. The first kappa shape index (κ1) is 9.70. The summed E-state index contributed by atoms with van der Waals surface area (Å²) in [7, 11) is 0. The first-order valence-electron chi connectivity index (χ1n) is 3.93. The molecule has 0 radical (unpaired) electrons. The van der Waals surface area contributed by atoms with Crippen molar-refractivity contribution in [2.24, 2.45) is 5.41 Å². The molecule has 1 atom stereocenters. The van der Waals surface area contributed by atoms with Gasteiger partial charge in [-0.15, -0.1) is 0 Å². The lowest BCUT2D eigenvalue weighted by atomic mass is 9.87. The normalized spacial score (nSPS) is 25.8. The Bertz CT molecular complexity index is 282. The molecule has 72 valence electrons. The number of hydrogen-bond acceptors (Lipinski definition) is 3. The van der Waals surface area contributed by atoms with E-state index in [1.807, 2.05) is 0 Å². The van der Waals surface area contributed by atoms with Gasteiger partial charge in [0.2, 0.25) is 5.91 Å². The largest absolute Gasteiger partial charge is 0.481 e. The van der Waals surface area contributed by atoms with Crippen LogP contribution in [0.25, 0.3) is 0 Å². The van der Waals surface area contributed by atoms with Gasteiger partial charge >= 0.3 is 5.97 Å². The minimum absolute atomic E-state index is 0.339. The van der Waals surface area contributed by atoms with Crippen molar-refractivity contribution in [3.8, 4) is 0 Å². The number of amides is 1. The predicted octanol–water partition coefficient (Wildman–Crippen LogP) is -0.445. The Morgan fingerprint density at radius 3 is 2.38 bits per heavy atom. The molecule has 0 aromatic rings. The Balaban J connectivity index is 2.80. The van der Waals surface area contributed by atoms with Crippen LogP contribution in [-0.2, 0) is 14.4 Å². The first-order chi connectivity index (χ1) is 5.85. The fourth-order valence-electron chi connectivity index (χ4n) is 1.27. The first-order valence-corrected chi connectivity index (χ1v) is 3.93. The van der Waals surface area contributed by atoms with E-state index in [1.54, 1.807) is 0 Å². The molecular weight excluding hydrogens is 174 g/mol. The number of aliphatic carboxylic acids is 1. The molecule has 0 aromatic heterocycles. The Morgan fingerprint density at radius 2 is 2.08 bits per heavy atom. The lowest BCUT2D eigenvalue weighted by Gasteiger charge is -2.10. The molecule has 1 aliphatic heterocycles. The van der Waals surface area contributed by atoms with Gasteiger partial charge in [0.05, 0.1) is 12.5 Å². The maximum atomic E-state index is 11.4. The number of nitrogens with one attached hydrogen (secondary N) is 1. The Morgan fingerprint density at radius 1 is 1.54 bits per heavy atom. The minimum Gasteiger partial charge on any atom is -0.481 e. The molecule has 1 rings (SSSR count). The second kappa shape index (κ2) is 2.83.